The number of halogens is 1. The average molecular weight is 400 g/mol. The molecule has 0 atom stereocenters. The molecule has 1 aromatic carbocycles. The van der Waals surface area contributed by atoms with Crippen LogP contribution in [0, 0.1) is 5.82 Å². The van der Waals surface area contributed by atoms with Gasteiger partial charge < -0.3 is 14.5 Å². The van der Waals surface area contributed by atoms with Crippen LogP contribution in [0.2, 0.25) is 0 Å². The van der Waals surface area contributed by atoms with Gasteiger partial charge in [-0.2, -0.15) is 17.0 Å². The Balaban J connectivity index is 1.47. The van der Waals surface area contributed by atoms with Gasteiger partial charge >= 0.3 is 0 Å². The molecule has 2 heterocycles. The SMILES string of the molecule is CN1CCN(S(=O)(=O)N2CCN(C(=O)COc3ccc(F)cc3)CC2)CC1. The smallest absolute Gasteiger partial charge is 0.282 e. The molecule has 0 unspecified atom stereocenters. The normalized spacial score (nSPS) is 20.6. The van der Waals surface area contributed by atoms with Crippen molar-refractivity contribution in [2.24, 2.45) is 0 Å². The summed E-state index contributed by atoms with van der Waals surface area (Å²) < 4.78 is 46.7. The summed E-state index contributed by atoms with van der Waals surface area (Å²) >= 11 is 0. The minimum atomic E-state index is -3.48. The summed E-state index contributed by atoms with van der Waals surface area (Å²) in [5.74, 6) is -0.164. The molecule has 0 N–H and O–H groups in total. The van der Waals surface area contributed by atoms with Crippen LogP contribution in [0.5, 0.6) is 5.75 Å². The molecule has 0 radical (unpaired) electrons. The molecular weight excluding hydrogens is 375 g/mol. The Morgan fingerprint density at radius 3 is 2.04 bits per heavy atom. The van der Waals surface area contributed by atoms with E-state index in [0.717, 1.165) is 13.1 Å². The van der Waals surface area contributed by atoms with Crippen LogP contribution < -0.4 is 4.74 Å². The molecule has 0 aromatic heterocycles. The molecule has 2 aliphatic rings. The molecule has 8 nitrogen and oxygen atoms in total. The zero-order valence-corrected chi connectivity index (χ0v) is 16.2. The zero-order chi connectivity index (χ0) is 19.4. The summed E-state index contributed by atoms with van der Waals surface area (Å²) in [6, 6.07) is 5.45. The highest BCUT2D eigenvalue weighted by Crippen LogP contribution is 2.15. The van der Waals surface area contributed by atoms with E-state index < -0.39 is 10.2 Å². The Labute approximate surface area is 159 Å². The maximum absolute atomic E-state index is 12.9. The van der Waals surface area contributed by atoms with Crippen molar-refractivity contribution in [2.45, 2.75) is 0 Å². The molecule has 2 aliphatic heterocycles. The quantitative estimate of drug-likeness (QED) is 0.687. The summed E-state index contributed by atoms with van der Waals surface area (Å²) in [5, 5.41) is 0. The molecule has 2 saturated heterocycles. The fourth-order valence-electron chi connectivity index (χ4n) is 3.12. The average Bonchev–Trinajstić information content (AvgIpc) is 2.68. The second-order valence-electron chi connectivity index (χ2n) is 6.73. The fraction of sp³-hybridized carbons (Fsp3) is 0.588. The van der Waals surface area contributed by atoms with Crippen LogP contribution in [-0.2, 0) is 15.0 Å². The number of likely N-dealkylation sites (N-methyl/N-ethyl adjacent to an activating group) is 1. The molecule has 1 amide bonds. The van der Waals surface area contributed by atoms with Crippen LogP contribution >= 0.6 is 0 Å². The van der Waals surface area contributed by atoms with E-state index >= 15 is 0 Å². The van der Waals surface area contributed by atoms with E-state index in [2.05, 4.69) is 4.90 Å². The third-order valence-electron chi connectivity index (χ3n) is 4.88. The van der Waals surface area contributed by atoms with E-state index in [-0.39, 0.29) is 31.4 Å². The van der Waals surface area contributed by atoms with E-state index in [9.17, 15) is 17.6 Å². The Morgan fingerprint density at radius 1 is 0.963 bits per heavy atom. The molecule has 0 saturated carbocycles. The first-order valence-electron chi connectivity index (χ1n) is 8.96. The van der Waals surface area contributed by atoms with Gasteiger partial charge in [0.15, 0.2) is 6.61 Å². The standard InChI is InChI=1S/C17H25FN4O4S/c1-19-6-10-21(11-7-19)27(24,25)22-12-8-20(9-13-22)17(23)14-26-16-4-2-15(18)3-5-16/h2-5H,6-14H2,1H3. The van der Waals surface area contributed by atoms with E-state index in [0.29, 0.717) is 31.9 Å². The Hall–Kier alpha value is -1.75. The number of nitrogens with zero attached hydrogens (tertiary/aromatic N) is 4. The first-order valence-corrected chi connectivity index (χ1v) is 10.4. The van der Waals surface area contributed by atoms with Crippen LogP contribution in [-0.4, -0.2) is 98.7 Å². The van der Waals surface area contributed by atoms with Crippen molar-refractivity contribution in [1.29, 1.82) is 0 Å². The lowest BCUT2D eigenvalue weighted by atomic mass is 10.3. The van der Waals surface area contributed by atoms with Crippen molar-refractivity contribution in [3.05, 3.63) is 30.1 Å². The zero-order valence-electron chi connectivity index (χ0n) is 15.4. The first-order chi connectivity index (χ1) is 12.9. The number of carbonyl (C=O) groups excluding carboxylic acids is 1. The monoisotopic (exact) mass is 400 g/mol. The minimum absolute atomic E-state index is 0.156. The molecular formula is C17H25FN4O4S. The van der Waals surface area contributed by atoms with E-state index in [1.807, 2.05) is 7.05 Å². The summed E-state index contributed by atoms with van der Waals surface area (Å²) in [4.78, 5) is 16.0. The predicted octanol–water partition coefficient (Wildman–Crippen LogP) is -0.159. The number of hydrogen-bond donors (Lipinski definition) is 0. The van der Waals surface area contributed by atoms with Gasteiger partial charge in [-0.05, 0) is 31.3 Å². The van der Waals surface area contributed by atoms with Crippen LogP contribution in [0.1, 0.15) is 0 Å². The first kappa shape index (κ1) is 20.0. The lowest BCUT2D eigenvalue weighted by Gasteiger charge is -2.39. The molecule has 150 valence electrons. The van der Waals surface area contributed by atoms with Gasteiger partial charge in [0.2, 0.25) is 0 Å². The lowest BCUT2D eigenvalue weighted by molar-refractivity contribution is -0.134. The molecule has 2 fully saturated rings. The van der Waals surface area contributed by atoms with Crippen molar-refractivity contribution in [2.75, 3.05) is 66.0 Å². The summed E-state index contributed by atoms with van der Waals surface area (Å²) in [6.07, 6.45) is 0. The van der Waals surface area contributed by atoms with Gasteiger partial charge in [-0.25, -0.2) is 4.39 Å². The Kier molecular flexibility index (Phi) is 6.30. The maximum atomic E-state index is 12.9. The van der Waals surface area contributed by atoms with Crippen molar-refractivity contribution in [3.63, 3.8) is 0 Å². The second-order valence-corrected chi connectivity index (χ2v) is 8.66. The third-order valence-corrected chi connectivity index (χ3v) is 6.92. The summed E-state index contributed by atoms with van der Waals surface area (Å²) in [6.45, 7) is 3.48. The number of benzene rings is 1. The van der Waals surface area contributed by atoms with Gasteiger partial charge in [0.05, 0.1) is 0 Å². The number of carbonyl (C=O) groups is 1. The molecule has 0 spiro atoms. The van der Waals surface area contributed by atoms with Gasteiger partial charge in [0.25, 0.3) is 16.1 Å². The van der Waals surface area contributed by atoms with Crippen LogP contribution in [0.4, 0.5) is 4.39 Å². The van der Waals surface area contributed by atoms with Crippen molar-refractivity contribution in [1.82, 2.24) is 18.4 Å². The number of amides is 1. The summed E-state index contributed by atoms with van der Waals surface area (Å²) in [7, 11) is -1.51. The highest BCUT2D eigenvalue weighted by atomic mass is 32.2. The number of hydrogen-bond acceptors (Lipinski definition) is 5. The van der Waals surface area contributed by atoms with Crippen molar-refractivity contribution < 1.29 is 22.3 Å². The highest BCUT2D eigenvalue weighted by Gasteiger charge is 2.34. The molecule has 0 aliphatic carbocycles. The van der Waals surface area contributed by atoms with E-state index in [1.54, 1.807) is 4.90 Å². The molecule has 10 heteroatoms. The maximum Gasteiger partial charge on any atom is 0.282 e. The Morgan fingerprint density at radius 2 is 1.48 bits per heavy atom. The largest absolute Gasteiger partial charge is 0.484 e. The second kappa shape index (κ2) is 8.51. The lowest BCUT2D eigenvalue weighted by Crippen LogP contribution is -2.57. The molecule has 1 aromatic rings. The third kappa shape index (κ3) is 4.95. The fourth-order valence-corrected chi connectivity index (χ4v) is 4.69. The topological polar surface area (TPSA) is 73.4 Å². The van der Waals surface area contributed by atoms with Crippen LogP contribution in [0.25, 0.3) is 0 Å². The van der Waals surface area contributed by atoms with E-state index in [1.165, 1.54) is 32.9 Å². The van der Waals surface area contributed by atoms with Gasteiger partial charge in [-0.1, -0.05) is 0 Å². The molecule has 3 rings (SSSR count). The van der Waals surface area contributed by atoms with Gasteiger partial charge in [0, 0.05) is 52.4 Å². The van der Waals surface area contributed by atoms with Gasteiger partial charge in [0.1, 0.15) is 11.6 Å². The van der Waals surface area contributed by atoms with E-state index in [4.69, 9.17) is 4.74 Å². The summed E-state index contributed by atoms with van der Waals surface area (Å²) in [5.41, 5.74) is 0. The number of rotatable bonds is 5. The number of ether oxygens (including phenoxy) is 1. The van der Waals surface area contributed by atoms with Crippen LogP contribution in [0.3, 0.4) is 0 Å². The molecule has 0 bridgehead atoms. The minimum Gasteiger partial charge on any atom is -0.484 e. The Bertz CT molecular complexity index is 743. The predicted molar refractivity (Wildman–Crippen MR) is 98.0 cm³/mol. The van der Waals surface area contributed by atoms with Crippen molar-refractivity contribution >= 4 is 16.1 Å². The van der Waals surface area contributed by atoms with Gasteiger partial charge in [-0.15, -0.1) is 0 Å². The van der Waals surface area contributed by atoms with Gasteiger partial charge in [-0.3, -0.25) is 4.79 Å². The van der Waals surface area contributed by atoms with Crippen molar-refractivity contribution in [3.8, 4) is 5.75 Å². The van der Waals surface area contributed by atoms with Crippen LogP contribution in [0.15, 0.2) is 24.3 Å². The number of piperazine rings is 2. The molecule has 27 heavy (non-hydrogen) atoms. The highest BCUT2D eigenvalue weighted by molar-refractivity contribution is 7.86.